The lowest BCUT2D eigenvalue weighted by Gasteiger charge is -2.16. The maximum absolute atomic E-state index is 12.0. The highest BCUT2D eigenvalue weighted by Crippen LogP contribution is 2.28. The topological polar surface area (TPSA) is 80.5 Å². The normalized spacial score (nSPS) is 14.2. The lowest BCUT2D eigenvalue weighted by molar-refractivity contribution is 0.0676. The standard InChI is InChI=1S/C13H20N4O2/c1-17(6-7-19-9-10-2-3-10)13(18)12-5-4-11(16-14)8-15-12/h4-5,8,10,16H,2-3,6-7,9,14H2,1H3. The highest BCUT2D eigenvalue weighted by atomic mass is 16.5. The fourth-order valence-electron chi connectivity index (χ4n) is 1.64. The Balaban J connectivity index is 1.76. The summed E-state index contributed by atoms with van der Waals surface area (Å²) in [6.45, 7) is 1.96. The number of carbonyl (C=O) groups is 1. The van der Waals surface area contributed by atoms with E-state index in [2.05, 4.69) is 10.4 Å². The molecular formula is C13H20N4O2. The second kappa shape index (κ2) is 6.49. The number of ether oxygens (including phenoxy) is 1. The van der Waals surface area contributed by atoms with Gasteiger partial charge in [0.1, 0.15) is 5.69 Å². The van der Waals surface area contributed by atoms with E-state index in [4.69, 9.17) is 10.6 Å². The molecule has 104 valence electrons. The average Bonchev–Trinajstić information content (AvgIpc) is 3.27. The summed E-state index contributed by atoms with van der Waals surface area (Å²) in [5.74, 6) is 5.88. The molecule has 1 aliphatic rings. The number of nitrogen functional groups attached to an aromatic ring is 1. The van der Waals surface area contributed by atoms with Gasteiger partial charge in [0.25, 0.3) is 5.91 Å². The summed E-state index contributed by atoms with van der Waals surface area (Å²) in [4.78, 5) is 17.7. The molecule has 0 radical (unpaired) electrons. The first-order valence-corrected chi connectivity index (χ1v) is 6.46. The Kier molecular flexibility index (Phi) is 4.70. The zero-order valence-electron chi connectivity index (χ0n) is 11.1. The third-order valence-electron chi connectivity index (χ3n) is 3.12. The van der Waals surface area contributed by atoms with Crippen LogP contribution in [0.4, 0.5) is 5.69 Å². The molecule has 19 heavy (non-hydrogen) atoms. The smallest absolute Gasteiger partial charge is 0.272 e. The van der Waals surface area contributed by atoms with Gasteiger partial charge in [0.2, 0.25) is 0 Å². The number of amides is 1. The van der Waals surface area contributed by atoms with Crippen molar-refractivity contribution in [2.75, 3.05) is 32.2 Å². The number of pyridine rings is 1. The van der Waals surface area contributed by atoms with E-state index in [-0.39, 0.29) is 5.91 Å². The molecule has 2 rings (SSSR count). The van der Waals surface area contributed by atoms with Crippen LogP contribution in [-0.4, -0.2) is 42.6 Å². The minimum absolute atomic E-state index is 0.112. The SMILES string of the molecule is CN(CCOCC1CC1)C(=O)c1ccc(NN)cn1. The summed E-state index contributed by atoms with van der Waals surface area (Å²) < 4.78 is 5.51. The van der Waals surface area contributed by atoms with Gasteiger partial charge in [0, 0.05) is 20.2 Å². The van der Waals surface area contributed by atoms with Crippen LogP contribution >= 0.6 is 0 Å². The number of aromatic nitrogens is 1. The molecule has 0 aromatic carbocycles. The van der Waals surface area contributed by atoms with Gasteiger partial charge in [-0.05, 0) is 30.9 Å². The quantitative estimate of drug-likeness (QED) is 0.434. The van der Waals surface area contributed by atoms with Crippen molar-refractivity contribution in [2.45, 2.75) is 12.8 Å². The Morgan fingerprint density at radius 2 is 2.37 bits per heavy atom. The van der Waals surface area contributed by atoms with Crippen molar-refractivity contribution in [2.24, 2.45) is 11.8 Å². The molecule has 6 heteroatoms. The van der Waals surface area contributed by atoms with Crippen molar-refractivity contribution < 1.29 is 9.53 Å². The van der Waals surface area contributed by atoms with E-state index in [0.29, 0.717) is 24.5 Å². The molecule has 6 nitrogen and oxygen atoms in total. The van der Waals surface area contributed by atoms with Gasteiger partial charge in [-0.1, -0.05) is 0 Å². The largest absolute Gasteiger partial charge is 0.379 e. The molecule has 1 fully saturated rings. The van der Waals surface area contributed by atoms with Gasteiger partial charge in [-0.15, -0.1) is 0 Å². The van der Waals surface area contributed by atoms with E-state index in [1.807, 2.05) is 0 Å². The van der Waals surface area contributed by atoms with Crippen LogP contribution in [-0.2, 0) is 4.74 Å². The molecule has 1 amide bonds. The van der Waals surface area contributed by atoms with Crippen LogP contribution in [0.15, 0.2) is 18.3 Å². The Morgan fingerprint density at radius 1 is 1.58 bits per heavy atom. The van der Waals surface area contributed by atoms with Crippen LogP contribution in [0.1, 0.15) is 23.3 Å². The number of hydrogen-bond donors (Lipinski definition) is 2. The van der Waals surface area contributed by atoms with Gasteiger partial charge >= 0.3 is 0 Å². The van der Waals surface area contributed by atoms with E-state index in [1.165, 1.54) is 19.0 Å². The summed E-state index contributed by atoms with van der Waals surface area (Å²) in [5, 5.41) is 0. The monoisotopic (exact) mass is 264 g/mol. The fraction of sp³-hybridized carbons (Fsp3) is 0.538. The predicted octanol–water partition coefficient (Wildman–Crippen LogP) is 0.866. The lowest BCUT2D eigenvalue weighted by atomic mass is 10.3. The molecule has 1 aromatic heterocycles. The number of nitrogens with zero attached hydrogens (tertiary/aromatic N) is 2. The summed E-state index contributed by atoms with van der Waals surface area (Å²) in [7, 11) is 1.75. The zero-order chi connectivity index (χ0) is 13.7. The molecule has 0 bridgehead atoms. The highest BCUT2D eigenvalue weighted by Gasteiger charge is 2.21. The van der Waals surface area contributed by atoms with E-state index >= 15 is 0 Å². The molecule has 1 aromatic rings. The number of likely N-dealkylation sites (N-methyl/N-ethyl adjacent to an activating group) is 1. The molecule has 0 spiro atoms. The van der Waals surface area contributed by atoms with E-state index in [0.717, 1.165) is 12.5 Å². The van der Waals surface area contributed by atoms with Crippen LogP contribution in [0.2, 0.25) is 0 Å². The van der Waals surface area contributed by atoms with Crippen molar-refractivity contribution in [1.29, 1.82) is 0 Å². The molecule has 3 N–H and O–H groups in total. The summed E-state index contributed by atoms with van der Waals surface area (Å²) in [5.41, 5.74) is 3.55. The number of rotatable bonds is 7. The number of hydrogen-bond acceptors (Lipinski definition) is 5. The van der Waals surface area contributed by atoms with Crippen molar-refractivity contribution in [3.05, 3.63) is 24.0 Å². The number of nitrogens with one attached hydrogen (secondary N) is 1. The minimum atomic E-state index is -0.112. The Labute approximate surface area is 112 Å². The number of anilines is 1. The lowest BCUT2D eigenvalue weighted by Crippen LogP contribution is -2.31. The molecule has 0 unspecified atom stereocenters. The van der Waals surface area contributed by atoms with E-state index in [1.54, 1.807) is 24.1 Å². The van der Waals surface area contributed by atoms with Gasteiger partial charge in [-0.2, -0.15) is 0 Å². The number of nitrogens with two attached hydrogens (primary N) is 1. The van der Waals surface area contributed by atoms with Crippen molar-refractivity contribution in [1.82, 2.24) is 9.88 Å². The van der Waals surface area contributed by atoms with Crippen molar-refractivity contribution in [3.8, 4) is 0 Å². The fourth-order valence-corrected chi connectivity index (χ4v) is 1.64. The molecule has 0 aliphatic heterocycles. The zero-order valence-corrected chi connectivity index (χ0v) is 11.1. The minimum Gasteiger partial charge on any atom is -0.379 e. The van der Waals surface area contributed by atoms with Crippen LogP contribution in [0.25, 0.3) is 0 Å². The Hall–Kier alpha value is -1.66. The third kappa shape index (κ3) is 4.18. The second-order valence-electron chi connectivity index (χ2n) is 4.82. The van der Waals surface area contributed by atoms with Crippen LogP contribution < -0.4 is 11.3 Å². The summed E-state index contributed by atoms with van der Waals surface area (Å²) in [6, 6.07) is 3.37. The highest BCUT2D eigenvalue weighted by molar-refractivity contribution is 5.92. The van der Waals surface area contributed by atoms with Gasteiger partial charge in [0.05, 0.1) is 18.5 Å². The molecule has 1 aliphatic carbocycles. The van der Waals surface area contributed by atoms with E-state index < -0.39 is 0 Å². The molecular weight excluding hydrogens is 244 g/mol. The Bertz CT molecular complexity index is 417. The maximum Gasteiger partial charge on any atom is 0.272 e. The van der Waals surface area contributed by atoms with Gasteiger partial charge in [0.15, 0.2) is 0 Å². The molecule has 0 saturated heterocycles. The van der Waals surface area contributed by atoms with Crippen LogP contribution in [0, 0.1) is 5.92 Å². The maximum atomic E-state index is 12.0. The van der Waals surface area contributed by atoms with Gasteiger partial charge < -0.3 is 15.1 Å². The molecule has 1 saturated carbocycles. The van der Waals surface area contributed by atoms with Crippen LogP contribution in [0.3, 0.4) is 0 Å². The van der Waals surface area contributed by atoms with Crippen molar-refractivity contribution >= 4 is 11.6 Å². The van der Waals surface area contributed by atoms with Crippen LogP contribution in [0.5, 0.6) is 0 Å². The van der Waals surface area contributed by atoms with Gasteiger partial charge in [-0.3, -0.25) is 10.6 Å². The van der Waals surface area contributed by atoms with Gasteiger partial charge in [-0.25, -0.2) is 4.98 Å². The van der Waals surface area contributed by atoms with Crippen molar-refractivity contribution in [3.63, 3.8) is 0 Å². The number of carbonyl (C=O) groups excluding carboxylic acids is 1. The molecule has 1 heterocycles. The Morgan fingerprint density at radius 3 is 2.95 bits per heavy atom. The average molecular weight is 264 g/mol. The molecule has 0 atom stereocenters. The first-order chi connectivity index (χ1) is 9.20. The first kappa shape index (κ1) is 13.8. The second-order valence-corrected chi connectivity index (χ2v) is 4.82. The van der Waals surface area contributed by atoms with E-state index in [9.17, 15) is 4.79 Å². The predicted molar refractivity (Wildman–Crippen MR) is 72.6 cm³/mol. The number of hydrazine groups is 1. The first-order valence-electron chi connectivity index (χ1n) is 6.46. The summed E-state index contributed by atoms with van der Waals surface area (Å²) in [6.07, 6.45) is 4.09. The third-order valence-corrected chi connectivity index (χ3v) is 3.12. The summed E-state index contributed by atoms with van der Waals surface area (Å²) >= 11 is 0.